The van der Waals surface area contributed by atoms with Crippen LogP contribution in [0, 0.1) is 0 Å². The van der Waals surface area contributed by atoms with Crippen LogP contribution in [0.25, 0.3) is 0 Å². The van der Waals surface area contributed by atoms with Crippen LogP contribution in [0.2, 0.25) is 5.02 Å². The molecule has 0 aromatic heterocycles. The van der Waals surface area contributed by atoms with Crippen molar-refractivity contribution in [3.8, 4) is 0 Å². The summed E-state index contributed by atoms with van der Waals surface area (Å²) in [6, 6.07) is 16.6. The van der Waals surface area contributed by atoms with Crippen molar-refractivity contribution in [2.75, 3.05) is 0 Å². The van der Waals surface area contributed by atoms with E-state index in [0.717, 1.165) is 18.4 Å². The predicted octanol–water partition coefficient (Wildman–Crippen LogP) is 3.57. The first-order chi connectivity index (χ1) is 12.1. The molecular weight excluding hydrogens is 338 g/mol. The first-order valence-corrected chi connectivity index (χ1v) is 8.93. The molecule has 1 aliphatic carbocycles. The predicted molar refractivity (Wildman–Crippen MR) is 97.6 cm³/mol. The third kappa shape index (κ3) is 4.82. The first kappa shape index (κ1) is 17.9. The van der Waals surface area contributed by atoms with Gasteiger partial charge in [-0.15, -0.1) is 0 Å². The van der Waals surface area contributed by atoms with Crippen molar-refractivity contribution in [3.63, 3.8) is 0 Å². The van der Waals surface area contributed by atoms with E-state index in [0.29, 0.717) is 23.6 Å². The Balaban J connectivity index is 1.58. The van der Waals surface area contributed by atoms with Crippen molar-refractivity contribution in [2.24, 2.45) is 0 Å². The average molecular weight is 360 g/mol. The molecule has 0 aliphatic heterocycles. The van der Waals surface area contributed by atoms with E-state index in [9.17, 15) is 9.90 Å². The van der Waals surface area contributed by atoms with Gasteiger partial charge in [-0.3, -0.25) is 0 Å². The monoisotopic (exact) mass is 359 g/mol. The number of rotatable bonds is 5. The standard InChI is InChI=1S/C20H22ClNO3/c21-16-9-4-8-15(12-16)20(24)25-18-11-5-10-17(19(18)23)22-13-14-6-2-1-3-7-14/h1-4,6-9,12,17-19,22-23H,5,10-11,13H2/t17-,18-,19-/m1/s1. The van der Waals surface area contributed by atoms with Gasteiger partial charge in [0.05, 0.1) is 5.56 Å². The molecule has 25 heavy (non-hydrogen) atoms. The van der Waals surface area contributed by atoms with E-state index < -0.39 is 18.2 Å². The summed E-state index contributed by atoms with van der Waals surface area (Å²) in [5, 5.41) is 14.5. The molecule has 0 unspecified atom stereocenters. The summed E-state index contributed by atoms with van der Waals surface area (Å²) in [5.41, 5.74) is 1.56. The molecule has 0 radical (unpaired) electrons. The molecule has 0 bridgehead atoms. The highest BCUT2D eigenvalue weighted by atomic mass is 35.5. The summed E-state index contributed by atoms with van der Waals surface area (Å²) in [4.78, 5) is 12.3. The Hall–Kier alpha value is -1.88. The molecule has 3 rings (SSSR count). The Morgan fingerprint density at radius 2 is 1.96 bits per heavy atom. The Bertz CT molecular complexity index is 707. The molecule has 2 aromatic carbocycles. The second-order valence-electron chi connectivity index (χ2n) is 6.35. The molecule has 0 amide bonds. The summed E-state index contributed by atoms with van der Waals surface area (Å²) in [6.07, 6.45) is 1.20. The minimum Gasteiger partial charge on any atom is -0.456 e. The lowest BCUT2D eigenvalue weighted by Crippen LogP contribution is -2.50. The van der Waals surface area contributed by atoms with Gasteiger partial charge in [0, 0.05) is 17.6 Å². The number of carbonyl (C=O) groups is 1. The number of carbonyl (C=O) groups excluding carboxylic acids is 1. The van der Waals surface area contributed by atoms with Gasteiger partial charge in [-0.25, -0.2) is 4.79 Å². The normalized spacial score (nSPS) is 23.2. The van der Waals surface area contributed by atoms with Crippen molar-refractivity contribution >= 4 is 17.6 Å². The molecule has 0 saturated heterocycles. The molecule has 3 atom stereocenters. The maximum absolute atomic E-state index is 12.3. The lowest BCUT2D eigenvalue weighted by molar-refractivity contribution is -0.0500. The molecule has 0 spiro atoms. The van der Waals surface area contributed by atoms with Crippen molar-refractivity contribution < 1.29 is 14.6 Å². The van der Waals surface area contributed by atoms with Gasteiger partial charge >= 0.3 is 5.97 Å². The van der Waals surface area contributed by atoms with Gasteiger partial charge in [0.25, 0.3) is 0 Å². The summed E-state index contributed by atoms with van der Waals surface area (Å²) < 4.78 is 5.54. The van der Waals surface area contributed by atoms with E-state index in [1.54, 1.807) is 24.3 Å². The SMILES string of the molecule is O=C(O[C@@H]1CCC[C@@H](NCc2ccccc2)[C@H]1O)c1cccc(Cl)c1. The van der Waals surface area contributed by atoms with Crippen LogP contribution < -0.4 is 5.32 Å². The van der Waals surface area contributed by atoms with Crippen molar-refractivity contribution in [1.29, 1.82) is 0 Å². The fourth-order valence-corrected chi connectivity index (χ4v) is 3.35. The molecular formula is C20H22ClNO3. The minimum atomic E-state index is -0.722. The number of halogens is 1. The van der Waals surface area contributed by atoms with Gasteiger partial charge in [0.15, 0.2) is 0 Å². The van der Waals surface area contributed by atoms with Crippen molar-refractivity contribution in [3.05, 3.63) is 70.7 Å². The average Bonchev–Trinajstić information content (AvgIpc) is 2.63. The zero-order chi connectivity index (χ0) is 17.6. The minimum absolute atomic E-state index is 0.0916. The summed E-state index contributed by atoms with van der Waals surface area (Å²) >= 11 is 5.92. The number of hydrogen-bond acceptors (Lipinski definition) is 4. The van der Waals surface area contributed by atoms with Crippen molar-refractivity contribution in [1.82, 2.24) is 5.32 Å². The number of ether oxygens (including phenoxy) is 1. The Morgan fingerprint density at radius 1 is 1.16 bits per heavy atom. The van der Waals surface area contributed by atoms with E-state index >= 15 is 0 Å². The van der Waals surface area contributed by atoms with Crippen LogP contribution in [0.1, 0.15) is 35.2 Å². The zero-order valence-electron chi connectivity index (χ0n) is 13.9. The lowest BCUT2D eigenvalue weighted by atomic mass is 9.89. The lowest BCUT2D eigenvalue weighted by Gasteiger charge is -2.35. The number of benzene rings is 2. The van der Waals surface area contributed by atoms with Crippen LogP contribution in [-0.2, 0) is 11.3 Å². The first-order valence-electron chi connectivity index (χ1n) is 8.55. The van der Waals surface area contributed by atoms with Gasteiger partial charge in [-0.2, -0.15) is 0 Å². The molecule has 0 heterocycles. The maximum Gasteiger partial charge on any atom is 0.338 e. The number of aliphatic hydroxyl groups excluding tert-OH is 1. The van der Waals surface area contributed by atoms with Crippen LogP contribution in [0.4, 0.5) is 0 Å². The molecule has 5 heteroatoms. The van der Waals surface area contributed by atoms with Crippen LogP contribution in [-0.4, -0.2) is 29.3 Å². The molecule has 1 saturated carbocycles. The summed E-state index contributed by atoms with van der Waals surface area (Å²) in [7, 11) is 0. The third-order valence-corrected chi connectivity index (χ3v) is 4.76. The summed E-state index contributed by atoms with van der Waals surface area (Å²) in [6.45, 7) is 0.678. The van der Waals surface area contributed by atoms with Crippen molar-refractivity contribution in [2.45, 2.75) is 44.1 Å². The molecule has 2 aromatic rings. The third-order valence-electron chi connectivity index (χ3n) is 4.53. The van der Waals surface area contributed by atoms with E-state index in [1.165, 1.54) is 0 Å². The van der Waals surface area contributed by atoms with E-state index in [2.05, 4.69) is 5.32 Å². The fraction of sp³-hybridized carbons (Fsp3) is 0.350. The number of aliphatic hydroxyl groups is 1. The largest absolute Gasteiger partial charge is 0.456 e. The Labute approximate surface area is 152 Å². The van der Waals surface area contributed by atoms with Crippen LogP contribution in [0.5, 0.6) is 0 Å². The molecule has 1 fully saturated rings. The Kier molecular flexibility index (Phi) is 6.08. The number of hydrogen-bond donors (Lipinski definition) is 2. The highest BCUT2D eigenvalue weighted by Gasteiger charge is 2.34. The van der Waals surface area contributed by atoms with Gasteiger partial charge in [0.1, 0.15) is 12.2 Å². The molecule has 2 N–H and O–H groups in total. The van der Waals surface area contributed by atoms with Gasteiger partial charge < -0.3 is 15.2 Å². The number of esters is 1. The highest BCUT2D eigenvalue weighted by molar-refractivity contribution is 6.30. The van der Waals surface area contributed by atoms with Gasteiger partial charge in [-0.1, -0.05) is 48.0 Å². The van der Waals surface area contributed by atoms with Gasteiger partial charge in [0.2, 0.25) is 0 Å². The highest BCUT2D eigenvalue weighted by Crippen LogP contribution is 2.24. The molecule has 132 valence electrons. The quantitative estimate of drug-likeness (QED) is 0.801. The fourth-order valence-electron chi connectivity index (χ4n) is 3.16. The molecule has 4 nitrogen and oxygen atoms in total. The Morgan fingerprint density at radius 3 is 2.72 bits per heavy atom. The van der Waals surface area contributed by atoms with Gasteiger partial charge in [-0.05, 0) is 43.0 Å². The zero-order valence-corrected chi connectivity index (χ0v) is 14.7. The summed E-state index contributed by atoms with van der Waals surface area (Å²) in [5.74, 6) is -0.449. The van der Waals surface area contributed by atoms with E-state index in [-0.39, 0.29) is 6.04 Å². The van der Waals surface area contributed by atoms with E-state index in [4.69, 9.17) is 16.3 Å². The van der Waals surface area contributed by atoms with Crippen LogP contribution in [0.15, 0.2) is 54.6 Å². The topological polar surface area (TPSA) is 58.6 Å². The van der Waals surface area contributed by atoms with E-state index in [1.807, 2.05) is 30.3 Å². The second kappa shape index (κ2) is 8.48. The maximum atomic E-state index is 12.3. The van der Waals surface area contributed by atoms with Crippen LogP contribution >= 0.6 is 11.6 Å². The van der Waals surface area contributed by atoms with Crippen LogP contribution in [0.3, 0.4) is 0 Å². The number of nitrogens with one attached hydrogen (secondary N) is 1. The second-order valence-corrected chi connectivity index (χ2v) is 6.79. The molecule has 1 aliphatic rings. The smallest absolute Gasteiger partial charge is 0.338 e.